The van der Waals surface area contributed by atoms with Gasteiger partial charge in [-0.15, -0.1) is 11.3 Å². The molecule has 0 radical (unpaired) electrons. The molecule has 0 aliphatic rings. The molecule has 0 aliphatic heterocycles. The van der Waals surface area contributed by atoms with Gasteiger partial charge in [-0.1, -0.05) is 188 Å². The molecule has 3 aromatic heterocycles. The van der Waals surface area contributed by atoms with Crippen LogP contribution in [0.1, 0.15) is 0 Å². The van der Waals surface area contributed by atoms with Gasteiger partial charge in [0.1, 0.15) is 0 Å². The first kappa shape index (κ1) is 33.3. The second-order valence-corrected chi connectivity index (χ2v) is 16.5. The summed E-state index contributed by atoms with van der Waals surface area (Å²) in [4.78, 5) is 16.0. The lowest BCUT2D eigenvalue weighted by Crippen LogP contribution is -2.07. The van der Waals surface area contributed by atoms with E-state index in [4.69, 9.17) is 15.0 Å². The van der Waals surface area contributed by atoms with Gasteiger partial charge in [-0.05, 0) is 44.1 Å². The lowest BCUT2D eigenvalue weighted by atomic mass is 9.93. The smallest absolute Gasteiger partial charge is 0.238 e. The molecule has 0 unspecified atom stereocenters. The zero-order valence-corrected chi connectivity index (χ0v) is 33.0. The van der Waals surface area contributed by atoms with Gasteiger partial charge in [0.25, 0.3) is 0 Å². The summed E-state index contributed by atoms with van der Waals surface area (Å²) in [5.74, 6) is 1.85. The Morgan fingerprint density at radius 1 is 0.333 bits per heavy atom. The predicted octanol–water partition coefficient (Wildman–Crippen LogP) is 15.0. The van der Waals surface area contributed by atoms with Crippen LogP contribution in [0.3, 0.4) is 0 Å². The number of nitrogens with zero attached hydrogens (tertiary/aromatic N) is 4. The van der Waals surface area contributed by atoms with Crippen LogP contribution < -0.4 is 0 Å². The van der Waals surface area contributed by atoms with E-state index in [0.717, 1.165) is 32.9 Å². The van der Waals surface area contributed by atoms with Gasteiger partial charge in [0.05, 0.1) is 11.0 Å². The lowest BCUT2D eigenvalue weighted by Gasteiger charge is -2.13. The van der Waals surface area contributed by atoms with Crippen molar-refractivity contribution in [3.63, 3.8) is 0 Å². The van der Waals surface area contributed by atoms with E-state index in [1.165, 1.54) is 74.4 Å². The Kier molecular flexibility index (Phi) is 7.14. The van der Waals surface area contributed by atoms with Gasteiger partial charge >= 0.3 is 0 Å². The van der Waals surface area contributed by atoms with Crippen molar-refractivity contribution in [3.05, 3.63) is 194 Å². The largest absolute Gasteiger partial charge is 0.276 e. The molecule has 0 saturated carbocycles. The highest BCUT2D eigenvalue weighted by molar-refractivity contribution is 7.27. The maximum atomic E-state index is 5.42. The normalized spacial score (nSPS) is 12.0. The van der Waals surface area contributed by atoms with Crippen LogP contribution in [-0.4, -0.2) is 19.5 Å². The van der Waals surface area contributed by atoms with Gasteiger partial charge in [0.15, 0.2) is 11.6 Å². The van der Waals surface area contributed by atoms with Crippen LogP contribution >= 0.6 is 11.3 Å². The van der Waals surface area contributed by atoms with Crippen molar-refractivity contribution in [2.24, 2.45) is 0 Å². The Morgan fingerprint density at radius 3 is 1.57 bits per heavy atom. The Labute approximate surface area is 348 Å². The Morgan fingerprint density at radius 2 is 0.867 bits per heavy atom. The highest BCUT2D eigenvalue weighted by Crippen LogP contribution is 2.52. The molecule has 0 N–H and O–H groups in total. The minimum atomic E-state index is 0.587. The monoisotopic (exact) mass is 780 g/mol. The second kappa shape index (κ2) is 12.9. The van der Waals surface area contributed by atoms with Crippen LogP contribution in [0.2, 0.25) is 0 Å². The summed E-state index contributed by atoms with van der Waals surface area (Å²) in [6, 6.07) is 69.5. The standard InChI is InChI=1S/C55H32N4S/c1-3-17-34(18-4-1)53-56-54(35-19-5-2-6-20-35)58-55(57-53)59-49-42-25-12-10-23-40(42)39-22-9-11-24-41(39)46(49)48-47-45-29-15-28-38(37-31-30-33-16-7-8-21-36(33)32-37)51(45)60-52(47)44-27-14-13-26-43(44)50(48)59/h1-32H. The summed E-state index contributed by atoms with van der Waals surface area (Å²) in [6.45, 7) is 0. The molecule has 0 saturated heterocycles. The highest BCUT2D eigenvalue weighted by atomic mass is 32.1. The summed E-state index contributed by atoms with van der Waals surface area (Å²) in [5.41, 5.74) is 6.52. The molecule has 0 amide bonds. The van der Waals surface area contributed by atoms with Crippen LogP contribution in [-0.2, 0) is 0 Å². The Balaban J connectivity index is 1.27. The van der Waals surface area contributed by atoms with Crippen molar-refractivity contribution in [2.45, 2.75) is 0 Å². The highest BCUT2D eigenvalue weighted by Gasteiger charge is 2.27. The number of benzene rings is 10. The fourth-order valence-corrected chi connectivity index (χ4v) is 11.0. The number of rotatable bonds is 4. The Hall–Kier alpha value is -7.73. The van der Waals surface area contributed by atoms with E-state index in [2.05, 4.69) is 162 Å². The minimum Gasteiger partial charge on any atom is -0.276 e. The average molecular weight is 781 g/mol. The first-order valence-corrected chi connectivity index (χ1v) is 21.1. The maximum Gasteiger partial charge on any atom is 0.238 e. The van der Waals surface area contributed by atoms with Gasteiger partial charge in [0.2, 0.25) is 5.95 Å². The molecule has 4 nitrogen and oxygen atoms in total. The molecule has 3 heterocycles. The van der Waals surface area contributed by atoms with Crippen molar-refractivity contribution < 1.29 is 0 Å². The third-order valence-corrected chi connectivity index (χ3v) is 13.5. The molecular formula is C55H32N4S. The quantitative estimate of drug-likeness (QED) is 0.167. The summed E-state index contributed by atoms with van der Waals surface area (Å²) < 4.78 is 4.92. The van der Waals surface area contributed by atoms with Crippen LogP contribution in [0.4, 0.5) is 0 Å². The maximum absolute atomic E-state index is 5.42. The minimum absolute atomic E-state index is 0.587. The molecule has 0 bridgehead atoms. The van der Waals surface area contributed by atoms with Crippen molar-refractivity contribution in [2.75, 3.05) is 0 Å². The molecule has 278 valence electrons. The second-order valence-electron chi connectivity index (χ2n) is 15.5. The lowest BCUT2D eigenvalue weighted by molar-refractivity contribution is 0.957. The Bertz CT molecular complexity index is 3830. The van der Waals surface area contributed by atoms with Crippen molar-refractivity contribution >= 4 is 96.4 Å². The van der Waals surface area contributed by atoms with Gasteiger partial charge in [-0.25, -0.2) is 4.98 Å². The number of hydrogen-bond acceptors (Lipinski definition) is 4. The summed E-state index contributed by atoms with van der Waals surface area (Å²) in [6.07, 6.45) is 0. The van der Waals surface area contributed by atoms with Crippen molar-refractivity contribution in [1.82, 2.24) is 19.5 Å². The fourth-order valence-electron chi connectivity index (χ4n) is 9.57. The summed E-state index contributed by atoms with van der Waals surface area (Å²) in [5, 5.41) is 14.6. The van der Waals surface area contributed by atoms with E-state index in [9.17, 15) is 0 Å². The van der Waals surface area contributed by atoms with Crippen LogP contribution in [0.5, 0.6) is 0 Å². The number of hydrogen-bond donors (Lipinski definition) is 0. The van der Waals surface area contributed by atoms with Gasteiger partial charge in [-0.3, -0.25) is 4.57 Å². The first-order chi connectivity index (χ1) is 29.8. The predicted molar refractivity (Wildman–Crippen MR) is 253 cm³/mol. The zero-order valence-electron chi connectivity index (χ0n) is 32.2. The molecular weight excluding hydrogens is 749 g/mol. The summed E-state index contributed by atoms with van der Waals surface area (Å²) >= 11 is 1.90. The molecule has 13 rings (SSSR count). The van der Waals surface area contributed by atoms with E-state index in [-0.39, 0.29) is 0 Å². The molecule has 0 fully saturated rings. The van der Waals surface area contributed by atoms with E-state index < -0.39 is 0 Å². The molecule has 0 aliphatic carbocycles. The molecule has 13 aromatic rings. The van der Waals surface area contributed by atoms with Gasteiger partial charge in [-0.2, -0.15) is 9.97 Å². The SMILES string of the molecule is c1ccc(-c2nc(-c3ccccc3)nc(-n3c4c5ccccc5c5ccccc5c4c4c5c6cccc(-c7ccc8ccccc8c7)c6sc5c5ccccc5c43)n2)cc1. The van der Waals surface area contributed by atoms with Crippen molar-refractivity contribution in [1.29, 1.82) is 0 Å². The molecule has 0 spiro atoms. The van der Waals surface area contributed by atoms with E-state index >= 15 is 0 Å². The van der Waals surface area contributed by atoms with Crippen LogP contribution in [0.15, 0.2) is 194 Å². The zero-order chi connectivity index (χ0) is 39.3. The van der Waals surface area contributed by atoms with E-state index in [1.54, 1.807) is 0 Å². The van der Waals surface area contributed by atoms with Gasteiger partial charge in [0, 0.05) is 58.2 Å². The van der Waals surface area contributed by atoms with Crippen LogP contribution in [0.25, 0.3) is 125 Å². The van der Waals surface area contributed by atoms with Crippen molar-refractivity contribution in [3.8, 4) is 39.9 Å². The third kappa shape index (κ3) is 4.81. The number of thiophene rings is 1. The van der Waals surface area contributed by atoms with E-state index in [1.807, 2.05) is 47.7 Å². The third-order valence-electron chi connectivity index (χ3n) is 12.2. The van der Waals surface area contributed by atoms with Crippen LogP contribution in [0, 0.1) is 0 Å². The fraction of sp³-hybridized carbons (Fsp3) is 0. The molecule has 0 atom stereocenters. The summed E-state index contributed by atoms with van der Waals surface area (Å²) in [7, 11) is 0. The van der Waals surface area contributed by atoms with E-state index in [0.29, 0.717) is 17.6 Å². The topological polar surface area (TPSA) is 43.6 Å². The average Bonchev–Trinajstić information content (AvgIpc) is 3.90. The first-order valence-electron chi connectivity index (χ1n) is 20.3. The molecule has 60 heavy (non-hydrogen) atoms. The number of aromatic nitrogens is 4. The molecule has 5 heteroatoms. The number of fused-ring (bicyclic) bond motifs is 16. The van der Waals surface area contributed by atoms with Gasteiger partial charge < -0.3 is 0 Å². The molecule has 10 aromatic carbocycles.